The van der Waals surface area contributed by atoms with E-state index in [2.05, 4.69) is 22.1 Å². The number of rotatable bonds is 4. The minimum atomic E-state index is -1.11. The van der Waals surface area contributed by atoms with Crippen LogP contribution in [-0.2, 0) is 6.54 Å². The Balaban J connectivity index is 1.23. The number of hydrogen-bond donors (Lipinski definition) is 0. The van der Waals surface area contributed by atoms with Gasteiger partial charge in [-0.25, -0.2) is 23.1 Å². The Hall–Kier alpha value is -3.67. The maximum atomic E-state index is 14.1. The number of pyridine rings is 1. The van der Waals surface area contributed by atoms with E-state index in [1.165, 1.54) is 12.1 Å². The summed E-state index contributed by atoms with van der Waals surface area (Å²) in [5.74, 6) is -1.69. The lowest BCUT2D eigenvalue weighted by molar-refractivity contribution is 0.362. The smallest absolute Gasteiger partial charge is 0.169 e. The molecule has 0 bridgehead atoms. The molecule has 4 aliphatic rings. The van der Waals surface area contributed by atoms with Crippen molar-refractivity contribution in [2.24, 2.45) is 5.92 Å². The Morgan fingerprint density at radius 1 is 1.00 bits per heavy atom. The van der Waals surface area contributed by atoms with Crippen molar-refractivity contribution in [1.82, 2.24) is 14.5 Å². The monoisotopic (exact) mass is 429 g/mol. The average molecular weight is 429 g/mol. The Morgan fingerprint density at radius 2 is 1.81 bits per heavy atom. The molecule has 0 saturated heterocycles. The number of alkyl halides is 1. The maximum Gasteiger partial charge on any atom is 0.169 e. The predicted octanol–water partition coefficient (Wildman–Crippen LogP) is 6.06. The van der Waals surface area contributed by atoms with E-state index in [4.69, 9.17) is 0 Å². The lowest BCUT2D eigenvalue weighted by Crippen LogP contribution is -2.03. The van der Waals surface area contributed by atoms with Gasteiger partial charge in [-0.3, -0.25) is 0 Å². The second-order valence-corrected chi connectivity index (χ2v) is 8.43. The van der Waals surface area contributed by atoms with Crippen molar-refractivity contribution < 1.29 is 13.2 Å². The highest BCUT2D eigenvalue weighted by atomic mass is 19.2. The molecule has 0 radical (unpaired) electrons. The first kappa shape index (κ1) is 19.0. The molecule has 158 valence electrons. The molecule has 2 aromatic rings. The summed E-state index contributed by atoms with van der Waals surface area (Å²) in [7, 11) is 0. The van der Waals surface area contributed by atoms with Gasteiger partial charge in [-0.05, 0) is 47.4 Å². The van der Waals surface area contributed by atoms with Crippen LogP contribution in [0.25, 0.3) is 28.3 Å². The molecule has 2 aliphatic heterocycles. The van der Waals surface area contributed by atoms with Gasteiger partial charge in [0.25, 0.3) is 0 Å². The third-order valence-electron chi connectivity index (χ3n) is 6.18. The molecule has 0 aromatic heterocycles. The summed E-state index contributed by atoms with van der Waals surface area (Å²) in [6.07, 6.45) is 9.88. The number of fused-ring (bicyclic) bond motifs is 2. The summed E-state index contributed by atoms with van der Waals surface area (Å²) in [5.41, 5.74) is 3.40. The number of benzene rings is 2. The molecule has 0 spiro atoms. The molecule has 1 fully saturated rings. The predicted molar refractivity (Wildman–Crippen MR) is 117 cm³/mol. The van der Waals surface area contributed by atoms with Gasteiger partial charge in [-0.1, -0.05) is 42.5 Å². The van der Waals surface area contributed by atoms with Crippen LogP contribution in [0.2, 0.25) is 0 Å². The number of imidazole rings is 1. The summed E-state index contributed by atoms with van der Waals surface area (Å²) in [6.45, 7) is 0.623. The summed E-state index contributed by atoms with van der Waals surface area (Å²) >= 11 is 0. The summed E-state index contributed by atoms with van der Waals surface area (Å²) < 4.78 is 43.6. The quantitative estimate of drug-likeness (QED) is 0.395. The minimum Gasteiger partial charge on any atom is -0.348 e. The van der Waals surface area contributed by atoms with E-state index < -0.39 is 17.3 Å². The summed E-state index contributed by atoms with van der Waals surface area (Å²) in [6, 6.07) is 14.0. The first-order chi connectivity index (χ1) is 15.5. The van der Waals surface area contributed by atoms with Gasteiger partial charge in [-0.2, -0.15) is 0 Å². The fourth-order valence-corrected chi connectivity index (χ4v) is 4.22. The molecule has 0 N–H and O–H groups in total. The Morgan fingerprint density at radius 3 is 2.62 bits per heavy atom. The Kier molecular flexibility index (Phi) is 4.12. The van der Waals surface area contributed by atoms with Gasteiger partial charge in [0.05, 0.1) is 11.3 Å². The number of halogens is 3. The van der Waals surface area contributed by atoms with Gasteiger partial charge < -0.3 is 4.57 Å². The van der Waals surface area contributed by atoms with Crippen LogP contribution < -0.4 is 0 Å². The fourth-order valence-electron chi connectivity index (χ4n) is 4.22. The van der Waals surface area contributed by atoms with E-state index in [9.17, 15) is 13.2 Å². The van der Waals surface area contributed by atoms with Crippen molar-refractivity contribution in [3.05, 3.63) is 102 Å². The lowest BCUT2D eigenvalue weighted by Gasteiger charge is -2.11. The van der Waals surface area contributed by atoms with E-state index in [-0.39, 0.29) is 17.3 Å². The van der Waals surface area contributed by atoms with E-state index in [0.717, 1.165) is 22.8 Å². The number of aromatic nitrogens is 3. The largest absolute Gasteiger partial charge is 0.348 e. The van der Waals surface area contributed by atoms with E-state index in [0.29, 0.717) is 24.4 Å². The van der Waals surface area contributed by atoms with Crippen LogP contribution in [0.3, 0.4) is 0 Å². The molecule has 2 aromatic carbocycles. The second-order valence-electron chi connectivity index (χ2n) is 8.43. The highest BCUT2D eigenvalue weighted by Gasteiger charge is 2.53. The standard InChI is InChI=1S/C26H18F3N3/c27-21-3-1-2-20(24(21)28)25-30-22-9-11-32(15-23(22)31-25)14-16-4-6-17(7-5-16)18-8-10-26(29)13-19(26)12-18/h1-12,15,19H,13-14H2. The molecule has 0 amide bonds. The molecule has 6 rings (SSSR count). The van der Waals surface area contributed by atoms with Crippen molar-refractivity contribution >= 4 is 5.57 Å². The third-order valence-corrected chi connectivity index (χ3v) is 6.18. The van der Waals surface area contributed by atoms with Crippen LogP contribution in [-0.4, -0.2) is 20.2 Å². The van der Waals surface area contributed by atoms with Crippen LogP contribution in [0.1, 0.15) is 17.5 Å². The zero-order valence-corrected chi connectivity index (χ0v) is 17.0. The van der Waals surface area contributed by atoms with Crippen molar-refractivity contribution in [3.8, 4) is 22.8 Å². The highest BCUT2D eigenvalue weighted by molar-refractivity contribution is 5.77. The van der Waals surface area contributed by atoms with E-state index >= 15 is 0 Å². The van der Waals surface area contributed by atoms with Crippen LogP contribution in [0.15, 0.2) is 79.2 Å². The summed E-state index contributed by atoms with van der Waals surface area (Å²) in [4.78, 5) is 8.74. The van der Waals surface area contributed by atoms with Crippen molar-refractivity contribution in [2.45, 2.75) is 18.6 Å². The van der Waals surface area contributed by atoms with Gasteiger partial charge in [0.1, 0.15) is 11.4 Å². The van der Waals surface area contributed by atoms with Crippen LogP contribution in [0.5, 0.6) is 0 Å². The van der Waals surface area contributed by atoms with Crippen molar-refractivity contribution in [1.29, 1.82) is 0 Å². The third kappa shape index (κ3) is 3.23. The summed E-state index contributed by atoms with van der Waals surface area (Å²) in [5, 5.41) is 0. The zero-order chi connectivity index (χ0) is 21.9. The van der Waals surface area contributed by atoms with E-state index in [1.54, 1.807) is 6.08 Å². The maximum absolute atomic E-state index is 14.1. The lowest BCUT2D eigenvalue weighted by atomic mass is 9.98. The van der Waals surface area contributed by atoms with Gasteiger partial charge in [-0.15, -0.1) is 0 Å². The second kappa shape index (κ2) is 6.92. The molecule has 1 saturated carbocycles. The molecular formula is C26H18F3N3. The fraction of sp³-hybridized carbons (Fsp3) is 0.154. The first-order valence-electron chi connectivity index (χ1n) is 10.5. The molecule has 6 heteroatoms. The van der Waals surface area contributed by atoms with Crippen LogP contribution in [0.4, 0.5) is 13.2 Å². The SMILES string of the molecule is Fc1cccc(-c2nc3ccn(Cc4ccc(C5=CC6CC6(F)C=C5)cc4)cc-3n2)c1F. The zero-order valence-electron chi connectivity index (χ0n) is 17.0. The highest BCUT2D eigenvalue weighted by Crippen LogP contribution is 2.53. The molecular weight excluding hydrogens is 411 g/mol. The first-order valence-corrected chi connectivity index (χ1v) is 10.5. The Labute approximate surface area is 182 Å². The van der Waals surface area contributed by atoms with Gasteiger partial charge >= 0.3 is 0 Å². The van der Waals surface area contributed by atoms with Gasteiger partial charge in [0.2, 0.25) is 0 Å². The molecule has 32 heavy (non-hydrogen) atoms. The van der Waals surface area contributed by atoms with Crippen LogP contribution >= 0.6 is 0 Å². The molecule has 2 aliphatic carbocycles. The molecule has 3 nitrogen and oxygen atoms in total. The van der Waals surface area contributed by atoms with Gasteiger partial charge in [0, 0.05) is 24.9 Å². The van der Waals surface area contributed by atoms with Crippen molar-refractivity contribution in [3.63, 3.8) is 0 Å². The Bertz CT molecular complexity index is 1370. The topological polar surface area (TPSA) is 30.7 Å². The van der Waals surface area contributed by atoms with Gasteiger partial charge in [0.15, 0.2) is 17.5 Å². The molecule has 2 heterocycles. The molecule has 2 atom stereocenters. The number of hydrogen-bond acceptors (Lipinski definition) is 2. The minimum absolute atomic E-state index is 0.0147. The average Bonchev–Trinajstić information content (AvgIpc) is 3.30. The normalized spacial score (nSPS) is 21.5. The number of allylic oxidation sites excluding steroid dienone is 4. The van der Waals surface area contributed by atoms with Crippen molar-refractivity contribution in [2.75, 3.05) is 0 Å². The molecule has 2 unspecified atom stereocenters. The van der Waals surface area contributed by atoms with Crippen LogP contribution in [0, 0.1) is 17.6 Å². The number of nitrogens with zero attached hydrogens (tertiary/aromatic N) is 3. The van der Waals surface area contributed by atoms with E-state index in [1.807, 2.05) is 47.3 Å².